The molecule has 37 heavy (non-hydrogen) atoms. The van der Waals surface area contributed by atoms with Crippen LogP contribution in [0.2, 0.25) is 0 Å². The number of nitrogens with zero attached hydrogens (tertiary/aromatic N) is 2. The molecule has 1 aromatic heterocycles. The van der Waals surface area contributed by atoms with E-state index in [2.05, 4.69) is 21.3 Å². The van der Waals surface area contributed by atoms with E-state index in [-0.39, 0.29) is 17.8 Å². The summed E-state index contributed by atoms with van der Waals surface area (Å²) >= 11 is 0. The number of hydrogen-bond donors (Lipinski definition) is 1. The van der Waals surface area contributed by atoms with E-state index in [1.165, 1.54) is 0 Å². The molecule has 3 aromatic rings. The van der Waals surface area contributed by atoms with E-state index < -0.39 is 0 Å². The molecule has 7 heteroatoms. The molecular formula is C30H35N3O4. The van der Waals surface area contributed by atoms with Gasteiger partial charge in [0.05, 0.1) is 36.0 Å². The number of nitrogens with one attached hydrogen (secondary N) is 1. The summed E-state index contributed by atoms with van der Waals surface area (Å²) < 4.78 is 10.9. The minimum Gasteiger partial charge on any atom is -0.461 e. The van der Waals surface area contributed by atoms with E-state index in [1.807, 2.05) is 48.5 Å². The zero-order valence-corrected chi connectivity index (χ0v) is 21.2. The number of Topliss-reactive ketones (excluding diaryl/α,β-unsaturated/α-hetero) is 1. The van der Waals surface area contributed by atoms with Crippen LogP contribution < -0.4 is 5.32 Å². The van der Waals surface area contributed by atoms with Crippen molar-refractivity contribution >= 4 is 28.3 Å². The van der Waals surface area contributed by atoms with Crippen molar-refractivity contribution < 1.29 is 19.1 Å². The van der Waals surface area contributed by atoms with Crippen molar-refractivity contribution in [1.82, 2.24) is 9.88 Å². The Balaban J connectivity index is 1.12. The molecule has 2 aliphatic rings. The molecule has 1 saturated carbocycles. The smallest absolute Gasteiger partial charge is 0.338 e. The van der Waals surface area contributed by atoms with E-state index in [0.29, 0.717) is 24.5 Å². The van der Waals surface area contributed by atoms with Gasteiger partial charge in [0.2, 0.25) is 0 Å². The summed E-state index contributed by atoms with van der Waals surface area (Å²) in [6.45, 7) is 4.37. The Morgan fingerprint density at radius 2 is 1.95 bits per heavy atom. The molecule has 1 saturated heterocycles. The number of carbonyl (C=O) groups is 2. The van der Waals surface area contributed by atoms with Gasteiger partial charge in [-0.15, -0.1) is 0 Å². The van der Waals surface area contributed by atoms with Gasteiger partial charge in [-0.1, -0.05) is 30.3 Å². The Bertz CT molecular complexity index is 1220. The molecule has 1 aliphatic heterocycles. The van der Waals surface area contributed by atoms with Crippen molar-refractivity contribution in [3.8, 4) is 0 Å². The summed E-state index contributed by atoms with van der Waals surface area (Å²) in [4.78, 5) is 32.0. The number of morpholine rings is 1. The number of aromatic nitrogens is 1. The molecule has 2 atom stereocenters. The maximum absolute atomic E-state index is 12.7. The van der Waals surface area contributed by atoms with Gasteiger partial charge >= 0.3 is 5.97 Å². The average Bonchev–Trinajstić information content (AvgIpc) is 3.28. The lowest BCUT2D eigenvalue weighted by molar-refractivity contribution is -0.118. The van der Waals surface area contributed by atoms with Crippen LogP contribution in [0.3, 0.4) is 0 Å². The van der Waals surface area contributed by atoms with Crippen LogP contribution in [0.15, 0.2) is 60.8 Å². The Morgan fingerprint density at radius 3 is 2.84 bits per heavy atom. The molecule has 2 fully saturated rings. The number of benzene rings is 2. The fourth-order valence-corrected chi connectivity index (χ4v) is 5.41. The molecule has 0 radical (unpaired) electrons. The highest BCUT2D eigenvalue weighted by atomic mass is 16.5. The Kier molecular flexibility index (Phi) is 8.43. The van der Waals surface area contributed by atoms with Crippen LogP contribution in [0.5, 0.6) is 0 Å². The van der Waals surface area contributed by atoms with Crippen LogP contribution in [0.4, 0.5) is 5.69 Å². The van der Waals surface area contributed by atoms with Crippen LogP contribution >= 0.6 is 0 Å². The number of ether oxygens (including phenoxy) is 2. The van der Waals surface area contributed by atoms with Gasteiger partial charge in [0.15, 0.2) is 5.78 Å². The molecule has 0 bridgehead atoms. The van der Waals surface area contributed by atoms with E-state index >= 15 is 0 Å². The van der Waals surface area contributed by atoms with Crippen LogP contribution in [-0.4, -0.2) is 67.1 Å². The summed E-state index contributed by atoms with van der Waals surface area (Å²) in [5, 5.41) is 4.58. The van der Waals surface area contributed by atoms with Gasteiger partial charge in [-0.05, 0) is 61.4 Å². The molecule has 2 heterocycles. The zero-order valence-electron chi connectivity index (χ0n) is 21.2. The predicted octanol–water partition coefficient (Wildman–Crippen LogP) is 4.51. The molecule has 0 unspecified atom stereocenters. The van der Waals surface area contributed by atoms with Crippen molar-refractivity contribution in [1.29, 1.82) is 0 Å². The third-order valence-corrected chi connectivity index (χ3v) is 7.47. The standard InChI is InChI=1S/C30H35N3O4/c34-27-13-12-24(29(27)32-26-11-3-8-23-10-4-14-31-28(23)26)7-1-5-22-6-2-9-25(21-22)30(35)37-20-17-33-15-18-36-19-16-33/h2-4,6,8-11,14,21,24,29,32H,1,5,7,12-13,15-20H2/t24-,29+/m0/s1. The van der Waals surface area contributed by atoms with Crippen molar-refractivity contribution in [2.75, 3.05) is 44.8 Å². The molecule has 0 amide bonds. The molecule has 1 aliphatic carbocycles. The monoisotopic (exact) mass is 501 g/mol. The summed E-state index contributed by atoms with van der Waals surface area (Å²) in [5.74, 6) is 0.295. The Hall–Kier alpha value is -3.29. The van der Waals surface area contributed by atoms with E-state index in [9.17, 15) is 9.59 Å². The summed E-state index contributed by atoms with van der Waals surface area (Å²) in [6.07, 6.45) is 6.09. The normalized spacial score (nSPS) is 20.3. The first kappa shape index (κ1) is 25.4. The molecule has 2 aromatic carbocycles. The van der Waals surface area contributed by atoms with E-state index in [1.54, 1.807) is 6.20 Å². The average molecular weight is 502 g/mol. The highest BCUT2D eigenvalue weighted by molar-refractivity contribution is 5.94. The van der Waals surface area contributed by atoms with Crippen molar-refractivity contribution in [3.63, 3.8) is 0 Å². The maximum atomic E-state index is 12.7. The van der Waals surface area contributed by atoms with Crippen molar-refractivity contribution in [2.45, 2.75) is 38.1 Å². The Labute approximate surface area is 218 Å². The summed E-state index contributed by atoms with van der Waals surface area (Å²) in [5.41, 5.74) is 3.54. The number of rotatable bonds is 10. The van der Waals surface area contributed by atoms with E-state index in [4.69, 9.17) is 9.47 Å². The van der Waals surface area contributed by atoms with Gasteiger partial charge in [-0.3, -0.25) is 14.7 Å². The lowest BCUT2D eigenvalue weighted by Crippen LogP contribution is -2.38. The van der Waals surface area contributed by atoms with Gasteiger partial charge < -0.3 is 14.8 Å². The van der Waals surface area contributed by atoms with Gasteiger partial charge in [0.25, 0.3) is 0 Å². The predicted molar refractivity (Wildman–Crippen MR) is 144 cm³/mol. The highest BCUT2D eigenvalue weighted by Gasteiger charge is 2.34. The van der Waals surface area contributed by atoms with E-state index in [0.717, 1.165) is 80.7 Å². The quantitative estimate of drug-likeness (QED) is 0.410. The van der Waals surface area contributed by atoms with Gasteiger partial charge in [-0.2, -0.15) is 0 Å². The number of anilines is 1. The number of pyridine rings is 1. The number of ketones is 1. The minimum absolute atomic E-state index is 0.180. The largest absolute Gasteiger partial charge is 0.461 e. The lowest BCUT2D eigenvalue weighted by Gasteiger charge is -2.26. The molecule has 5 rings (SSSR count). The van der Waals surface area contributed by atoms with Crippen LogP contribution in [0.25, 0.3) is 10.9 Å². The SMILES string of the molecule is O=C(OCCN1CCOCC1)c1cccc(CCC[C@H]2CCC(=O)[C@@H]2Nc2cccc3cccnc23)c1. The number of para-hydroxylation sites is 1. The first-order valence-corrected chi connectivity index (χ1v) is 13.4. The molecule has 0 spiro atoms. The fourth-order valence-electron chi connectivity index (χ4n) is 5.41. The van der Waals surface area contributed by atoms with Crippen LogP contribution in [0, 0.1) is 5.92 Å². The second-order valence-corrected chi connectivity index (χ2v) is 9.95. The first-order valence-electron chi connectivity index (χ1n) is 13.4. The molecule has 1 N–H and O–H groups in total. The molecule has 194 valence electrons. The third-order valence-electron chi connectivity index (χ3n) is 7.47. The van der Waals surface area contributed by atoms with Gasteiger partial charge in [0, 0.05) is 37.6 Å². The minimum atomic E-state index is -0.274. The number of esters is 1. The van der Waals surface area contributed by atoms with Crippen molar-refractivity contribution in [3.05, 3.63) is 71.9 Å². The first-order chi connectivity index (χ1) is 18.2. The fraction of sp³-hybridized carbons (Fsp3) is 0.433. The van der Waals surface area contributed by atoms with Gasteiger partial charge in [-0.25, -0.2) is 4.79 Å². The third kappa shape index (κ3) is 6.53. The highest BCUT2D eigenvalue weighted by Crippen LogP contribution is 2.32. The topological polar surface area (TPSA) is 80.8 Å². The molecular weight excluding hydrogens is 466 g/mol. The Morgan fingerprint density at radius 1 is 1.11 bits per heavy atom. The molecule has 7 nitrogen and oxygen atoms in total. The zero-order chi connectivity index (χ0) is 25.5. The summed E-state index contributed by atoms with van der Waals surface area (Å²) in [6, 6.07) is 17.6. The van der Waals surface area contributed by atoms with Crippen molar-refractivity contribution in [2.24, 2.45) is 5.92 Å². The second kappa shape index (κ2) is 12.3. The van der Waals surface area contributed by atoms with Crippen LogP contribution in [0.1, 0.15) is 41.6 Å². The van der Waals surface area contributed by atoms with Crippen LogP contribution in [-0.2, 0) is 20.7 Å². The number of aryl methyl sites for hydroxylation is 1. The summed E-state index contributed by atoms with van der Waals surface area (Å²) in [7, 11) is 0. The second-order valence-electron chi connectivity index (χ2n) is 9.95. The lowest BCUT2D eigenvalue weighted by atomic mass is 9.94. The number of hydrogen-bond acceptors (Lipinski definition) is 7. The maximum Gasteiger partial charge on any atom is 0.338 e. The van der Waals surface area contributed by atoms with Gasteiger partial charge in [0.1, 0.15) is 6.61 Å². The number of carbonyl (C=O) groups excluding carboxylic acids is 2. The number of fused-ring (bicyclic) bond motifs is 1.